The van der Waals surface area contributed by atoms with Crippen LogP contribution >= 0.6 is 0 Å². The van der Waals surface area contributed by atoms with Crippen molar-refractivity contribution in [2.75, 3.05) is 38.2 Å². The van der Waals surface area contributed by atoms with Gasteiger partial charge in [-0.05, 0) is 69.6 Å². The van der Waals surface area contributed by atoms with Crippen LogP contribution in [0.3, 0.4) is 0 Å². The maximum absolute atomic E-state index is 12.8. The minimum atomic E-state index is -0.599. The first-order valence-electron chi connectivity index (χ1n) is 11.0. The van der Waals surface area contributed by atoms with Crippen LogP contribution in [0.25, 0.3) is 0 Å². The van der Waals surface area contributed by atoms with Crippen LogP contribution in [0.2, 0.25) is 0 Å². The fourth-order valence-electron chi connectivity index (χ4n) is 4.08. The van der Waals surface area contributed by atoms with Gasteiger partial charge in [0.05, 0.1) is 18.6 Å². The van der Waals surface area contributed by atoms with Crippen LogP contribution in [-0.2, 0) is 19.7 Å². The second-order valence-corrected chi connectivity index (χ2v) is 7.77. The third kappa shape index (κ3) is 5.85. The lowest BCUT2D eigenvalue weighted by Crippen LogP contribution is -2.48. The second-order valence-electron chi connectivity index (χ2n) is 7.77. The number of anilines is 1. The smallest absolute Gasteiger partial charge is 0.316 e. The molecule has 166 valence electrons. The molecule has 1 aliphatic heterocycles. The average molecular weight is 425 g/mol. The first-order chi connectivity index (χ1) is 15.1. The van der Waals surface area contributed by atoms with Crippen molar-refractivity contribution in [1.29, 1.82) is 0 Å². The molecule has 3 rings (SSSR count). The number of carbonyl (C=O) groups is 2. The van der Waals surface area contributed by atoms with E-state index in [2.05, 4.69) is 10.2 Å². The fourth-order valence-corrected chi connectivity index (χ4v) is 4.08. The highest BCUT2D eigenvalue weighted by Crippen LogP contribution is 2.37. The van der Waals surface area contributed by atoms with E-state index in [-0.39, 0.29) is 11.9 Å². The van der Waals surface area contributed by atoms with Gasteiger partial charge in [-0.25, -0.2) is 0 Å². The number of rotatable bonds is 9. The normalized spacial score (nSPS) is 15.8. The summed E-state index contributed by atoms with van der Waals surface area (Å²) >= 11 is 0. The van der Waals surface area contributed by atoms with E-state index >= 15 is 0 Å². The lowest BCUT2D eigenvalue weighted by Gasteiger charge is -2.40. The van der Waals surface area contributed by atoms with Gasteiger partial charge in [-0.15, -0.1) is 0 Å². The van der Waals surface area contributed by atoms with Crippen molar-refractivity contribution >= 4 is 17.6 Å². The molecule has 31 heavy (non-hydrogen) atoms. The molecular formula is C25H32N2O4. The average Bonchev–Trinajstić information content (AvgIpc) is 2.80. The first-order valence-corrected chi connectivity index (χ1v) is 11.0. The Labute approximate surface area is 184 Å². The molecule has 1 saturated heterocycles. The lowest BCUT2D eigenvalue weighted by atomic mass is 9.72. The van der Waals surface area contributed by atoms with Crippen molar-refractivity contribution in [3.8, 4) is 5.75 Å². The van der Waals surface area contributed by atoms with Crippen LogP contribution in [0.5, 0.6) is 5.75 Å². The minimum Gasteiger partial charge on any atom is -0.494 e. The Morgan fingerprint density at radius 3 is 2.26 bits per heavy atom. The van der Waals surface area contributed by atoms with Crippen LogP contribution in [-0.4, -0.2) is 49.6 Å². The van der Waals surface area contributed by atoms with Gasteiger partial charge < -0.3 is 19.7 Å². The summed E-state index contributed by atoms with van der Waals surface area (Å²) in [6.07, 6.45) is 1.79. The van der Waals surface area contributed by atoms with Gasteiger partial charge in [-0.1, -0.05) is 30.3 Å². The number of hydrogen-bond acceptors (Lipinski definition) is 5. The summed E-state index contributed by atoms with van der Waals surface area (Å²) in [6, 6.07) is 17.3. The predicted octanol–water partition coefficient (Wildman–Crippen LogP) is 4.01. The summed E-state index contributed by atoms with van der Waals surface area (Å²) in [4.78, 5) is 27.5. The highest BCUT2D eigenvalue weighted by Gasteiger charge is 2.44. The number of benzene rings is 2. The molecule has 1 N–H and O–H groups in total. The van der Waals surface area contributed by atoms with Crippen LogP contribution in [0.15, 0.2) is 54.6 Å². The maximum Gasteiger partial charge on any atom is 0.316 e. The minimum absolute atomic E-state index is 0.0190. The Hall–Kier alpha value is -2.86. The molecule has 1 aliphatic rings. The Morgan fingerprint density at radius 2 is 1.65 bits per heavy atom. The van der Waals surface area contributed by atoms with E-state index in [1.165, 1.54) is 0 Å². The number of amides is 1. The molecule has 0 spiro atoms. The summed E-state index contributed by atoms with van der Waals surface area (Å²) in [5.41, 5.74) is 1.18. The van der Waals surface area contributed by atoms with Crippen LogP contribution in [0.4, 0.5) is 5.69 Å². The number of piperidine rings is 1. The number of nitrogens with zero attached hydrogens (tertiary/aromatic N) is 1. The van der Waals surface area contributed by atoms with Crippen LogP contribution in [0.1, 0.15) is 38.7 Å². The van der Waals surface area contributed by atoms with Gasteiger partial charge in [0.1, 0.15) is 5.75 Å². The highest BCUT2D eigenvalue weighted by atomic mass is 16.5. The van der Waals surface area contributed by atoms with Gasteiger partial charge in [0.25, 0.3) is 0 Å². The predicted molar refractivity (Wildman–Crippen MR) is 121 cm³/mol. The molecular weight excluding hydrogens is 392 g/mol. The Morgan fingerprint density at radius 1 is 0.968 bits per heavy atom. The van der Waals surface area contributed by atoms with Crippen LogP contribution < -0.4 is 10.1 Å². The van der Waals surface area contributed by atoms with E-state index in [9.17, 15) is 9.59 Å². The van der Waals surface area contributed by atoms with E-state index < -0.39 is 5.41 Å². The van der Waals surface area contributed by atoms with Gasteiger partial charge >= 0.3 is 5.97 Å². The molecule has 1 fully saturated rings. The monoisotopic (exact) mass is 424 g/mol. The van der Waals surface area contributed by atoms with Crippen molar-refractivity contribution in [2.45, 2.75) is 38.5 Å². The number of carbonyl (C=O) groups excluding carboxylic acids is 2. The number of ether oxygens (including phenoxy) is 2. The molecule has 0 saturated carbocycles. The molecule has 2 aromatic rings. The topological polar surface area (TPSA) is 67.9 Å². The third-order valence-electron chi connectivity index (χ3n) is 5.81. The summed E-state index contributed by atoms with van der Waals surface area (Å²) in [5, 5.41) is 2.93. The summed E-state index contributed by atoms with van der Waals surface area (Å²) < 4.78 is 10.9. The zero-order chi connectivity index (χ0) is 22.1. The zero-order valence-electron chi connectivity index (χ0n) is 18.4. The van der Waals surface area contributed by atoms with Crippen molar-refractivity contribution in [3.63, 3.8) is 0 Å². The van der Waals surface area contributed by atoms with Crippen molar-refractivity contribution in [1.82, 2.24) is 4.90 Å². The van der Waals surface area contributed by atoms with E-state index in [1.54, 1.807) is 0 Å². The summed E-state index contributed by atoms with van der Waals surface area (Å²) in [6.45, 7) is 6.94. The van der Waals surface area contributed by atoms with Crippen LogP contribution in [0, 0.1) is 0 Å². The van der Waals surface area contributed by atoms with E-state index in [0.717, 1.165) is 30.1 Å². The number of esters is 1. The van der Waals surface area contributed by atoms with Crippen molar-refractivity contribution < 1.29 is 19.1 Å². The Kier molecular flexibility index (Phi) is 8.06. The van der Waals surface area contributed by atoms with E-state index in [4.69, 9.17) is 9.47 Å². The van der Waals surface area contributed by atoms with Gasteiger partial charge in [0.15, 0.2) is 0 Å². The molecule has 0 atom stereocenters. The second kappa shape index (κ2) is 11.0. The molecule has 0 unspecified atom stereocenters. The number of nitrogens with one attached hydrogen (secondary N) is 1. The highest BCUT2D eigenvalue weighted by molar-refractivity contribution is 5.90. The maximum atomic E-state index is 12.8. The molecule has 0 radical (unpaired) electrons. The van der Waals surface area contributed by atoms with Crippen molar-refractivity contribution in [3.05, 3.63) is 60.2 Å². The van der Waals surface area contributed by atoms with E-state index in [0.29, 0.717) is 39.0 Å². The van der Waals surface area contributed by atoms with Gasteiger partial charge in [-0.2, -0.15) is 0 Å². The molecule has 6 nitrogen and oxygen atoms in total. The first kappa shape index (κ1) is 22.8. The quantitative estimate of drug-likeness (QED) is 0.616. The van der Waals surface area contributed by atoms with E-state index in [1.807, 2.05) is 68.4 Å². The largest absolute Gasteiger partial charge is 0.494 e. The van der Waals surface area contributed by atoms with Gasteiger partial charge in [-0.3, -0.25) is 9.59 Å². The SMILES string of the molecule is CCOC(=O)C1(c2ccccc2)CCN(CCC(=O)Nc2ccc(OCC)cc2)CC1. The third-order valence-corrected chi connectivity index (χ3v) is 5.81. The standard InChI is InChI=1S/C25H32N2O4/c1-3-30-22-12-10-21(11-13-22)26-23(28)14-17-27-18-15-25(16-19-27,24(29)31-4-2)20-8-6-5-7-9-20/h5-13H,3-4,14-19H2,1-2H3,(H,26,28). The molecule has 1 heterocycles. The zero-order valence-corrected chi connectivity index (χ0v) is 18.4. The fraction of sp³-hybridized carbons (Fsp3) is 0.440. The summed E-state index contributed by atoms with van der Waals surface area (Å²) in [5.74, 6) is 0.626. The molecule has 0 bridgehead atoms. The van der Waals surface area contributed by atoms with Gasteiger partial charge in [0.2, 0.25) is 5.91 Å². The Balaban J connectivity index is 1.52. The molecule has 2 aromatic carbocycles. The van der Waals surface area contributed by atoms with Crippen molar-refractivity contribution in [2.24, 2.45) is 0 Å². The molecule has 0 aliphatic carbocycles. The lowest BCUT2D eigenvalue weighted by molar-refractivity contribution is -0.152. The number of likely N-dealkylation sites (tertiary alicyclic amines) is 1. The number of hydrogen-bond donors (Lipinski definition) is 1. The molecule has 6 heteroatoms. The molecule has 0 aromatic heterocycles. The Bertz CT molecular complexity index is 844. The van der Waals surface area contributed by atoms with Gasteiger partial charge in [0, 0.05) is 18.7 Å². The summed E-state index contributed by atoms with van der Waals surface area (Å²) in [7, 11) is 0. The molecule has 1 amide bonds.